The summed E-state index contributed by atoms with van der Waals surface area (Å²) in [6.07, 6.45) is 4.94. The van der Waals surface area contributed by atoms with Crippen molar-refractivity contribution in [2.45, 2.75) is 44.4 Å². The highest BCUT2D eigenvalue weighted by Gasteiger charge is 2.22. The zero-order chi connectivity index (χ0) is 11.4. The Labute approximate surface area is 105 Å². The van der Waals surface area contributed by atoms with Gasteiger partial charge < -0.3 is 10.5 Å². The van der Waals surface area contributed by atoms with Gasteiger partial charge in [-0.3, -0.25) is 0 Å². The van der Waals surface area contributed by atoms with Crippen molar-refractivity contribution in [3.63, 3.8) is 0 Å². The molecule has 2 rings (SSSR count). The first-order chi connectivity index (χ1) is 7.75. The second-order valence-electron chi connectivity index (χ2n) is 4.43. The number of benzene rings is 1. The zero-order valence-electron chi connectivity index (χ0n) is 9.36. The molecule has 0 aromatic heterocycles. The molecule has 88 valence electrons. The van der Waals surface area contributed by atoms with Crippen LogP contribution in [0.15, 0.2) is 28.7 Å². The quantitative estimate of drug-likeness (QED) is 0.924. The van der Waals surface area contributed by atoms with Crippen LogP contribution in [0.25, 0.3) is 0 Å². The second kappa shape index (κ2) is 5.80. The molecule has 0 radical (unpaired) electrons. The third kappa shape index (κ3) is 3.30. The molecular formula is C13H18BrNO. The molecule has 2 unspecified atom stereocenters. The first kappa shape index (κ1) is 12.1. The van der Waals surface area contributed by atoms with E-state index in [1.165, 1.54) is 18.4 Å². The molecule has 1 aliphatic carbocycles. The fourth-order valence-corrected chi connectivity index (χ4v) is 2.61. The van der Waals surface area contributed by atoms with E-state index in [0.717, 1.165) is 17.3 Å². The molecule has 1 fully saturated rings. The Morgan fingerprint density at radius 1 is 1.31 bits per heavy atom. The van der Waals surface area contributed by atoms with Gasteiger partial charge in [-0.2, -0.15) is 0 Å². The Hall–Kier alpha value is -0.380. The lowest BCUT2D eigenvalue weighted by Gasteiger charge is -2.28. The smallest absolute Gasteiger partial charge is 0.0730 e. The molecule has 0 saturated heterocycles. The monoisotopic (exact) mass is 283 g/mol. The highest BCUT2D eigenvalue weighted by Crippen LogP contribution is 2.21. The van der Waals surface area contributed by atoms with Gasteiger partial charge in [0.1, 0.15) is 0 Å². The second-order valence-corrected chi connectivity index (χ2v) is 5.34. The number of ether oxygens (including phenoxy) is 1. The van der Waals surface area contributed by atoms with Crippen LogP contribution in [-0.2, 0) is 11.3 Å². The van der Waals surface area contributed by atoms with Gasteiger partial charge in [0.15, 0.2) is 0 Å². The largest absolute Gasteiger partial charge is 0.372 e. The van der Waals surface area contributed by atoms with Gasteiger partial charge in [-0.05, 0) is 30.5 Å². The molecular weight excluding hydrogens is 266 g/mol. The Morgan fingerprint density at radius 3 is 2.88 bits per heavy atom. The molecule has 0 aliphatic heterocycles. The summed E-state index contributed by atoms with van der Waals surface area (Å²) in [4.78, 5) is 0. The van der Waals surface area contributed by atoms with Gasteiger partial charge in [-0.15, -0.1) is 0 Å². The summed E-state index contributed by atoms with van der Waals surface area (Å²) in [5, 5.41) is 0. The van der Waals surface area contributed by atoms with Crippen molar-refractivity contribution in [2.24, 2.45) is 5.73 Å². The van der Waals surface area contributed by atoms with E-state index in [1.54, 1.807) is 0 Å². The molecule has 0 bridgehead atoms. The number of halogens is 1. The minimum atomic E-state index is 0.223. The summed E-state index contributed by atoms with van der Waals surface area (Å²) in [7, 11) is 0. The third-order valence-corrected chi connectivity index (χ3v) is 3.60. The van der Waals surface area contributed by atoms with Crippen LogP contribution in [0.5, 0.6) is 0 Å². The van der Waals surface area contributed by atoms with Gasteiger partial charge in [0.2, 0.25) is 0 Å². The summed E-state index contributed by atoms with van der Waals surface area (Å²) < 4.78 is 6.99. The van der Waals surface area contributed by atoms with Crippen molar-refractivity contribution in [1.82, 2.24) is 0 Å². The lowest BCUT2D eigenvalue weighted by atomic mass is 9.93. The average Bonchev–Trinajstić information content (AvgIpc) is 2.28. The van der Waals surface area contributed by atoms with Crippen LogP contribution in [0.2, 0.25) is 0 Å². The zero-order valence-corrected chi connectivity index (χ0v) is 10.9. The fraction of sp³-hybridized carbons (Fsp3) is 0.538. The Kier molecular flexibility index (Phi) is 4.38. The molecule has 0 spiro atoms. The van der Waals surface area contributed by atoms with Gasteiger partial charge >= 0.3 is 0 Å². The Balaban J connectivity index is 1.86. The molecule has 2 atom stereocenters. The minimum Gasteiger partial charge on any atom is -0.372 e. The molecule has 3 heteroatoms. The van der Waals surface area contributed by atoms with Gasteiger partial charge in [-0.25, -0.2) is 0 Å². The van der Waals surface area contributed by atoms with Crippen LogP contribution >= 0.6 is 15.9 Å². The van der Waals surface area contributed by atoms with Crippen LogP contribution in [0.4, 0.5) is 0 Å². The molecule has 0 heterocycles. The summed E-state index contributed by atoms with van der Waals surface area (Å²) in [5.41, 5.74) is 7.24. The van der Waals surface area contributed by atoms with Crippen LogP contribution in [0.1, 0.15) is 31.2 Å². The molecule has 1 aromatic rings. The van der Waals surface area contributed by atoms with Crippen LogP contribution in [0, 0.1) is 0 Å². The number of rotatable bonds is 3. The first-order valence-electron chi connectivity index (χ1n) is 5.87. The maximum atomic E-state index is 6.04. The SMILES string of the molecule is NC1CCCCC1OCc1cccc(Br)c1. The van der Waals surface area contributed by atoms with E-state index < -0.39 is 0 Å². The van der Waals surface area contributed by atoms with Crippen molar-refractivity contribution in [3.05, 3.63) is 34.3 Å². The van der Waals surface area contributed by atoms with Crippen molar-refractivity contribution in [1.29, 1.82) is 0 Å². The van der Waals surface area contributed by atoms with Crippen molar-refractivity contribution in [3.8, 4) is 0 Å². The maximum absolute atomic E-state index is 6.04. The van der Waals surface area contributed by atoms with Gasteiger partial charge in [0.25, 0.3) is 0 Å². The van der Waals surface area contributed by atoms with Crippen molar-refractivity contribution >= 4 is 15.9 Å². The lowest BCUT2D eigenvalue weighted by Crippen LogP contribution is -2.39. The topological polar surface area (TPSA) is 35.2 Å². The summed E-state index contributed by atoms with van der Waals surface area (Å²) >= 11 is 3.46. The van der Waals surface area contributed by atoms with E-state index in [2.05, 4.69) is 28.1 Å². The summed E-state index contributed by atoms with van der Waals surface area (Å²) in [6.45, 7) is 0.664. The third-order valence-electron chi connectivity index (χ3n) is 3.11. The van der Waals surface area contributed by atoms with E-state index in [0.29, 0.717) is 6.61 Å². The average molecular weight is 284 g/mol. The van der Waals surface area contributed by atoms with Crippen LogP contribution < -0.4 is 5.73 Å². The standard InChI is InChI=1S/C13H18BrNO/c14-11-5-3-4-10(8-11)9-16-13-7-2-1-6-12(13)15/h3-5,8,12-13H,1-2,6-7,9,15H2. The van der Waals surface area contributed by atoms with E-state index >= 15 is 0 Å². The molecule has 1 aliphatic rings. The van der Waals surface area contributed by atoms with E-state index in [1.807, 2.05) is 12.1 Å². The number of nitrogens with two attached hydrogens (primary N) is 1. The Morgan fingerprint density at radius 2 is 2.12 bits per heavy atom. The lowest BCUT2D eigenvalue weighted by molar-refractivity contribution is 0.00403. The Bertz CT molecular complexity index is 342. The van der Waals surface area contributed by atoms with E-state index in [4.69, 9.17) is 10.5 Å². The first-order valence-corrected chi connectivity index (χ1v) is 6.66. The molecule has 2 N–H and O–H groups in total. The number of hydrogen-bond donors (Lipinski definition) is 1. The highest BCUT2D eigenvalue weighted by molar-refractivity contribution is 9.10. The predicted octanol–water partition coefficient (Wildman–Crippen LogP) is 3.24. The molecule has 1 saturated carbocycles. The normalized spacial score (nSPS) is 25.6. The van der Waals surface area contributed by atoms with Gasteiger partial charge in [0, 0.05) is 10.5 Å². The van der Waals surface area contributed by atoms with Gasteiger partial charge in [-0.1, -0.05) is 40.9 Å². The molecule has 0 amide bonds. The van der Waals surface area contributed by atoms with Crippen LogP contribution in [-0.4, -0.2) is 12.1 Å². The van der Waals surface area contributed by atoms with E-state index in [-0.39, 0.29) is 12.1 Å². The molecule has 2 nitrogen and oxygen atoms in total. The van der Waals surface area contributed by atoms with Crippen molar-refractivity contribution in [2.75, 3.05) is 0 Å². The maximum Gasteiger partial charge on any atom is 0.0730 e. The van der Waals surface area contributed by atoms with Gasteiger partial charge in [0.05, 0.1) is 12.7 Å². The van der Waals surface area contributed by atoms with Crippen molar-refractivity contribution < 1.29 is 4.74 Å². The summed E-state index contributed by atoms with van der Waals surface area (Å²) in [6, 6.07) is 8.45. The molecule has 16 heavy (non-hydrogen) atoms. The summed E-state index contributed by atoms with van der Waals surface area (Å²) in [5.74, 6) is 0. The molecule has 1 aromatic carbocycles. The predicted molar refractivity (Wildman–Crippen MR) is 69.2 cm³/mol. The van der Waals surface area contributed by atoms with Crippen LogP contribution in [0.3, 0.4) is 0 Å². The minimum absolute atomic E-state index is 0.223. The highest BCUT2D eigenvalue weighted by atomic mass is 79.9. The van der Waals surface area contributed by atoms with E-state index in [9.17, 15) is 0 Å². The fourth-order valence-electron chi connectivity index (χ4n) is 2.16. The number of hydrogen-bond acceptors (Lipinski definition) is 2.